The Morgan fingerprint density at radius 2 is 2.12 bits per heavy atom. The van der Waals surface area contributed by atoms with Gasteiger partial charge in [0, 0.05) is 11.3 Å². The van der Waals surface area contributed by atoms with Crippen molar-refractivity contribution < 1.29 is 4.42 Å². The molecule has 0 aliphatic heterocycles. The van der Waals surface area contributed by atoms with Gasteiger partial charge in [-0.3, -0.25) is 0 Å². The number of alkyl halides is 1. The predicted molar refractivity (Wildman–Crippen MR) is 67.0 cm³/mol. The SMILES string of the molecule is CSC1CCC(Nc2nnc(CCl)o2)CC1. The molecule has 1 aromatic rings. The average molecular weight is 262 g/mol. The summed E-state index contributed by atoms with van der Waals surface area (Å²) in [6.07, 6.45) is 7.04. The number of thioether (sulfide) groups is 1. The molecule has 1 N–H and O–H groups in total. The molecule has 1 aliphatic carbocycles. The number of rotatable bonds is 4. The molecule has 0 bridgehead atoms. The second-order valence-electron chi connectivity index (χ2n) is 3.99. The van der Waals surface area contributed by atoms with Crippen molar-refractivity contribution in [1.29, 1.82) is 0 Å². The van der Waals surface area contributed by atoms with Gasteiger partial charge in [-0.15, -0.1) is 16.7 Å². The van der Waals surface area contributed by atoms with Gasteiger partial charge in [0.15, 0.2) is 0 Å². The maximum atomic E-state index is 5.59. The van der Waals surface area contributed by atoms with Crippen LogP contribution in [0.1, 0.15) is 31.6 Å². The minimum Gasteiger partial charge on any atom is -0.407 e. The van der Waals surface area contributed by atoms with E-state index in [1.54, 1.807) is 0 Å². The van der Waals surface area contributed by atoms with Crippen molar-refractivity contribution in [3.63, 3.8) is 0 Å². The van der Waals surface area contributed by atoms with Crippen molar-refractivity contribution in [3.05, 3.63) is 5.89 Å². The molecular weight excluding hydrogens is 246 g/mol. The lowest BCUT2D eigenvalue weighted by molar-refractivity contribution is 0.451. The van der Waals surface area contributed by atoms with Gasteiger partial charge in [0.2, 0.25) is 5.89 Å². The number of nitrogens with zero attached hydrogens (tertiary/aromatic N) is 2. The highest BCUT2D eigenvalue weighted by Crippen LogP contribution is 2.28. The molecule has 1 fully saturated rings. The lowest BCUT2D eigenvalue weighted by Crippen LogP contribution is -2.27. The molecule has 1 aliphatic rings. The third-order valence-electron chi connectivity index (χ3n) is 2.92. The number of nitrogens with one attached hydrogen (secondary N) is 1. The van der Waals surface area contributed by atoms with Crippen LogP contribution < -0.4 is 5.32 Å². The highest BCUT2D eigenvalue weighted by Gasteiger charge is 2.21. The van der Waals surface area contributed by atoms with Crippen molar-refractivity contribution in [3.8, 4) is 0 Å². The standard InChI is InChI=1S/C10H16ClN3OS/c1-16-8-4-2-7(3-5-8)12-10-14-13-9(6-11)15-10/h7-8H,2-6H2,1H3,(H,12,14). The fourth-order valence-corrected chi connectivity index (χ4v) is 2.83. The second-order valence-corrected chi connectivity index (χ2v) is 5.39. The molecule has 4 nitrogen and oxygen atoms in total. The Balaban J connectivity index is 1.82. The van der Waals surface area contributed by atoms with Gasteiger partial charge < -0.3 is 9.73 Å². The molecule has 1 heterocycles. The normalized spacial score (nSPS) is 25.6. The molecule has 6 heteroatoms. The fraction of sp³-hybridized carbons (Fsp3) is 0.800. The Labute approximate surface area is 105 Å². The topological polar surface area (TPSA) is 51.0 Å². The minimum absolute atomic E-state index is 0.272. The average Bonchev–Trinajstić information content (AvgIpc) is 2.78. The molecule has 16 heavy (non-hydrogen) atoms. The second kappa shape index (κ2) is 5.77. The largest absolute Gasteiger partial charge is 0.407 e. The van der Waals surface area contributed by atoms with E-state index >= 15 is 0 Å². The third kappa shape index (κ3) is 3.04. The van der Waals surface area contributed by atoms with Crippen LogP contribution in [-0.4, -0.2) is 27.7 Å². The Hall–Kier alpha value is -0.420. The summed E-state index contributed by atoms with van der Waals surface area (Å²) in [5, 5.41) is 11.8. The van der Waals surface area contributed by atoms with Gasteiger partial charge in [-0.2, -0.15) is 11.8 Å². The lowest BCUT2D eigenvalue weighted by atomic mass is 9.95. The van der Waals surface area contributed by atoms with Gasteiger partial charge in [0.05, 0.1) is 0 Å². The number of halogens is 1. The quantitative estimate of drug-likeness (QED) is 0.845. The maximum Gasteiger partial charge on any atom is 0.315 e. The van der Waals surface area contributed by atoms with Crippen molar-refractivity contribution >= 4 is 29.4 Å². The van der Waals surface area contributed by atoms with Gasteiger partial charge in [-0.25, -0.2) is 0 Å². The van der Waals surface area contributed by atoms with Gasteiger partial charge >= 0.3 is 6.01 Å². The Morgan fingerprint density at radius 1 is 1.38 bits per heavy atom. The van der Waals surface area contributed by atoms with Gasteiger partial charge in [0.25, 0.3) is 0 Å². The van der Waals surface area contributed by atoms with Crippen LogP contribution >= 0.6 is 23.4 Å². The van der Waals surface area contributed by atoms with Crippen molar-refractivity contribution in [2.45, 2.75) is 42.9 Å². The molecule has 0 amide bonds. The van der Waals surface area contributed by atoms with E-state index in [-0.39, 0.29) is 5.88 Å². The summed E-state index contributed by atoms with van der Waals surface area (Å²) in [5.74, 6) is 0.746. The van der Waals surface area contributed by atoms with Crippen LogP contribution in [0.25, 0.3) is 0 Å². The highest BCUT2D eigenvalue weighted by atomic mass is 35.5. The number of hydrogen-bond acceptors (Lipinski definition) is 5. The fourth-order valence-electron chi connectivity index (χ4n) is 1.98. The summed E-state index contributed by atoms with van der Waals surface area (Å²) in [5.41, 5.74) is 0. The van der Waals surface area contributed by atoms with Crippen LogP contribution in [0.2, 0.25) is 0 Å². The van der Waals surface area contributed by atoms with Crippen molar-refractivity contribution in [1.82, 2.24) is 10.2 Å². The van der Waals surface area contributed by atoms with Crippen LogP contribution in [0.5, 0.6) is 0 Å². The zero-order valence-electron chi connectivity index (χ0n) is 9.28. The number of hydrogen-bond donors (Lipinski definition) is 1. The molecule has 2 rings (SSSR count). The minimum atomic E-state index is 0.272. The van der Waals surface area contributed by atoms with Crippen LogP contribution in [0.3, 0.4) is 0 Å². The first-order valence-electron chi connectivity index (χ1n) is 5.49. The first-order chi connectivity index (χ1) is 7.81. The van der Waals surface area contributed by atoms with Crippen LogP contribution in [0.15, 0.2) is 4.42 Å². The Morgan fingerprint density at radius 3 is 2.69 bits per heavy atom. The lowest BCUT2D eigenvalue weighted by Gasteiger charge is -2.27. The number of anilines is 1. The van der Waals surface area contributed by atoms with Crippen molar-refractivity contribution in [2.24, 2.45) is 0 Å². The van der Waals surface area contributed by atoms with Crippen LogP contribution in [0, 0.1) is 0 Å². The predicted octanol–water partition coefficient (Wildman–Crippen LogP) is 2.89. The molecule has 0 saturated heterocycles. The summed E-state index contributed by atoms with van der Waals surface area (Å²) in [4.78, 5) is 0. The van der Waals surface area contributed by atoms with E-state index in [2.05, 4.69) is 21.8 Å². The summed E-state index contributed by atoms with van der Waals surface area (Å²) in [7, 11) is 0. The summed E-state index contributed by atoms with van der Waals surface area (Å²) >= 11 is 7.56. The smallest absolute Gasteiger partial charge is 0.315 e. The molecule has 0 unspecified atom stereocenters. The van der Waals surface area contributed by atoms with E-state index < -0.39 is 0 Å². The van der Waals surface area contributed by atoms with E-state index in [1.165, 1.54) is 25.7 Å². The Kier molecular flexibility index (Phi) is 4.35. The van der Waals surface area contributed by atoms with E-state index in [0.29, 0.717) is 17.9 Å². The van der Waals surface area contributed by atoms with Gasteiger partial charge in [-0.1, -0.05) is 5.10 Å². The molecule has 1 saturated carbocycles. The molecule has 0 atom stereocenters. The van der Waals surface area contributed by atoms with E-state index in [9.17, 15) is 0 Å². The van der Waals surface area contributed by atoms with E-state index in [4.69, 9.17) is 16.0 Å². The first-order valence-corrected chi connectivity index (χ1v) is 7.31. The summed E-state index contributed by atoms with van der Waals surface area (Å²) in [6.45, 7) is 0. The maximum absolute atomic E-state index is 5.59. The first kappa shape index (κ1) is 12.0. The van der Waals surface area contributed by atoms with E-state index in [1.807, 2.05) is 11.8 Å². The monoisotopic (exact) mass is 261 g/mol. The molecule has 0 spiro atoms. The zero-order valence-corrected chi connectivity index (χ0v) is 10.9. The van der Waals surface area contributed by atoms with E-state index in [0.717, 1.165) is 5.25 Å². The van der Waals surface area contributed by atoms with Crippen LogP contribution in [0.4, 0.5) is 6.01 Å². The molecule has 90 valence electrons. The van der Waals surface area contributed by atoms with Crippen LogP contribution in [-0.2, 0) is 5.88 Å². The van der Waals surface area contributed by atoms with Crippen molar-refractivity contribution in [2.75, 3.05) is 11.6 Å². The highest BCUT2D eigenvalue weighted by molar-refractivity contribution is 7.99. The number of aromatic nitrogens is 2. The Bertz CT molecular complexity index is 326. The molecule has 0 aromatic carbocycles. The zero-order chi connectivity index (χ0) is 11.4. The third-order valence-corrected chi connectivity index (χ3v) is 4.28. The molecular formula is C10H16ClN3OS. The van der Waals surface area contributed by atoms with Gasteiger partial charge in [-0.05, 0) is 31.9 Å². The summed E-state index contributed by atoms with van der Waals surface area (Å²) < 4.78 is 5.32. The molecule has 0 radical (unpaired) electrons. The summed E-state index contributed by atoms with van der Waals surface area (Å²) in [6, 6.07) is 0.968. The van der Waals surface area contributed by atoms with Gasteiger partial charge in [0.1, 0.15) is 5.88 Å². The molecule has 1 aromatic heterocycles.